The number of fused-ring (bicyclic) bond motifs is 2. The van der Waals surface area contributed by atoms with Crippen LogP contribution in [0.2, 0.25) is 0 Å². The molecule has 4 heterocycles. The summed E-state index contributed by atoms with van der Waals surface area (Å²) >= 11 is 0. The quantitative estimate of drug-likeness (QED) is 0.0783. The van der Waals surface area contributed by atoms with Crippen molar-refractivity contribution in [2.24, 2.45) is 11.8 Å². The number of benzene rings is 2. The van der Waals surface area contributed by atoms with Crippen molar-refractivity contribution in [3.63, 3.8) is 0 Å². The highest BCUT2D eigenvalue weighted by Gasteiger charge is 2.81. The minimum absolute atomic E-state index is 0.0151. The summed E-state index contributed by atoms with van der Waals surface area (Å²) in [6.45, 7) is 14.6. The van der Waals surface area contributed by atoms with Crippen molar-refractivity contribution in [3.8, 4) is 23.0 Å². The van der Waals surface area contributed by atoms with Crippen LogP contribution in [0.4, 0.5) is 0 Å². The van der Waals surface area contributed by atoms with Gasteiger partial charge < -0.3 is 53.6 Å². The second kappa shape index (κ2) is 17.6. The zero-order valence-electron chi connectivity index (χ0n) is 39.3. The van der Waals surface area contributed by atoms with E-state index >= 15 is 4.79 Å². The van der Waals surface area contributed by atoms with Crippen molar-refractivity contribution >= 4 is 29.6 Å². The Hall–Kier alpha value is -5.42. The predicted molar refractivity (Wildman–Crippen MR) is 243 cm³/mol. The van der Waals surface area contributed by atoms with Crippen LogP contribution in [0, 0.1) is 11.8 Å². The van der Waals surface area contributed by atoms with Crippen molar-refractivity contribution in [2.75, 3.05) is 13.7 Å². The molecule has 2 aromatic carbocycles. The first-order valence-electron chi connectivity index (χ1n) is 22.7. The Morgan fingerprint density at radius 3 is 2.25 bits per heavy atom. The molecule has 0 aromatic heterocycles. The number of Topliss-reactive ketones (excluding diaryl/α,β-unsaturated/α-hetero) is 2. The Morgan fingerprint density at radius 2 is 1.60 bits per heavy atom. The molecule has 358 valence electrons. The van der Waals surface area contributed by atoms with E-state index in [1.807, 2.05) is 66.7 Å². The number of esters is 2. The van der Waals surface area contributed by atoms with Crippen LogP contribution < -0.4 is 18.9 Å². The zero-order chi connectivity index (χ0) is 48.5. The summed E-state index contributed by atoms with van der Waals surface area (Å²) in [6.07, 6.45) is 5.38. The molecule has 5 unspecified atom stereocenters. The zero-order valence-corrected chi connectivity index (χ0v) is 39.3. The van der Waals surface area contributed by atoms with Crippen LogP contribution in [0.3, 0.4) is 0 Å². The highest BCUT2D eigenvalue weighted by Crippen LogP contribution is 2.69. The number of ketones is 2. The molecule has 4 bridgehead atoms. The smallest absolute Gasteiger partial charge is 0.343 e. The normalized spacial score (nSPS) is 31.9. The van der Waals surface area contributed by atoms with Gasteiger partial charge in [-0.25, -0.2) is 9.59 Å². The summed E-state index contributed by atoms with van der Waals surface area (Å²) in [4.78, 5) is 57.6. The Kier molecular flexibility index (Phi) is 12.6. The standard InChI is InChI=1S/C52H60O15/c1-26(2)11-10-20-50(8)21-19-33-42(65-50)32(17-12-27(3)4)44-37(43(33)64-47(60)29-13-15-31(16-14-29)62-48-41(57)40(56)39(55)35(25-53)63-48)38(54)34-23-30-24-36-49(6,7)67-51(45(30)58,52(34,36)66-44)22-18-28(5)46(59)61-9/h11-16,18-19,21,23,30,35-36,39-41,48,53,55-57H,10,17,20,22,24-25H2,1-9H3/b28-18-/t30?,35-,36?,39-,40-,41-,48-,50?,51?,52?/m1/s1. The summed E-state index contributed by atoms with van der Waals surface area (Å²) in [5.41, 5.74) is -1.68. The number of rotatable bonds is 13. The monoisotopic (exact) mass is 924 g/mol. The second-order valence-corrected chi connectivity index (χ2v) is 19.7. The van der Waals surface area contributed by atoms with Gasteiger partial charge in [0, 0.05) is 35.0 Å². The molecule has 67 heavy (non-hydrogen) atoms. The van der Waals surface area contributed by atoms with Crippen LogP contribution in [0.15, 0.2) is 76.9 Å². The van der Waals surface area contributed by atoms with Gasteiger partial charge in [0.2, 0.25) is 6.29 Å². The Balaban J connectivity index is 1.27. The summed E-state index contributed by atoms with van der Waals surface area (Å²) in [5, 5.41) is 40.6. The maximum Gasteiger partial charge on any atom is 0.343 e. The van der Waals surface area contributed by atoms with Gasteiger partial charge >= 0.3 is 11.9 Å². The van der Waals surface area contributed by atoms with Crippen molar-refractivity contribution in [1.82, 2.24) is 0 Å². The second-order valence-electron chi connectivity index (χ2n) is 19.7. The van der Waals surface area contributed by atoms with Gasteiger partial charge in [-0.15, -0.1) is 0 Å². The first-order chi connectivity index (χ1) is 31.6. The van der Waals surface area contributed by atoms with Gasteiger partial charge in [0.1, 0.15) is 52.8 Å². The number of hydrogen-bond acceptors (Lipinski definition) is 15. The van der Waals surface area contributed by atoms with Crippen molar-refractivity contribution in [1.29, 1.82) is 0 Å². The van der Waals surface area contributed by atoms with Crippen LogP contribution in [-0.4, -0.2) is 111 Å². The molecule has 10 atom stereocenters. The maximum atomic E-state index is 15.7. The van der Waals surface area contributed by atoms with Crippen LogP contribution in [0.5, 0.6) is 23.0 Å². The molecule has 2 saturated heterocycles. The SMILES string of the molecule is COC(=O)/C(C)=C\CC12OC(C)(C)C3CC(C=C4C(=O)c5c(OC(=O)c6ccc(O[C@@H]7O[C@H](CO)[C@@H](O)[C@@H](O)[C@H]7O)cc6)c6c(c(CC=C(C)C)c5OC431)OC(C)(CCC=C(C)C)C=C6)C2=O. The lowest BCUT2D eigenvalue weighted by Crippen LogP contribution is -2.72. The third kappa shape index (κ3) is 7.96. The number of hydrogen-bond donors (Lipinski definition) is 4. The molecular weight excluding hydrogens is 865 g/mol. The number of aliphatic hydroxyl groups excluding tert-OH is 4. The van der Waals surface area contributed by atoms with Crippen molar-refractivity contribution in [3.05, 3.63) is 99.2 Å². The van der Waals surface area contributed by atoms with E-state index in [1.165, 1.54) is 31.4 Å². The van der Waals surface area contributed by atoms with Gasteiger partial charge in [-0.05, 0) is 117 Å². The van der Waals surface area contributed by atoms with Crippen molar-refractivity contribution in [2.45, 2.75) is 141 Å². The summed E-state index contributed by atoms with van der Waals surface area (Å²) < 4.78 is 43.9. The molecule has 1 saturated carbocycles. The molecule has 1 spiro atoms. The topological polar surface area (TPSA) is 214 Å². The lowest BCUT2D eigenvalue weighted by molar-refractivity contribution is -0.277. The number of aliphatic hydroxyl groups is 4. The molecule has 0 radical (unpaired) electrons. The van der Waals surface area contributed by atoms with Crippen LogP contribution in [0.25, 0.3) is 6.08 Å². The Bertz CT molecular complexity index is 2540. The largest absolute Gasteiger partial charge is 0.482 e. The van der Waals surface area contributed by atoms with Gasteiger partial charge in [0.15, 0.2) is 28.5 Å². The van der Waals surface area contributed by atoms with E-state index in [9.17, 15) is 34.8 Å². The lowest BCUT2D eigenvalue weighted by atomic mass is 9.51. The minimum atomic E-state index is -1.73. The molecule has 4 N–H and O–H groups in total. The van der Waals surface area contributed by atoms with E-state index in [-0.39, 0.29) is 58.1 Å². The van der Waals surface area contributed by atoms with Crippen LogP contribution >= 0.6 is 0 Å². The van der Waals surface area contributed by atoms with E-state index in [0.717, 1.165) is 11.1 Å². The van der Waals surface area contributed by atoms with Crippen LogP contribution in [0.1, 0.15) is 113 Å². The van der Waals surface area contributed by atoms with E-state index in [2.05, 4.69) is 6.08 Å². The molecule has 3 fully saturated rings. The van der Waals surface area contributed by atoms with E-state index in [1.54, 1.807) is 19.1 Å². The molecule has 15 heteroatoms. The molecule has 4 aliphatic heterocycles. The summed E-state index contributed by atoms with van der Waals surface area (Å²) in [5.74, 6) is -2.91. The highest BCUT2D eigenvalue weighted by molar-refractivity contribution is 6.19. The Labute approximate surface area is 389 Å². The van der Waals surface area contributed by atoms with E-state index in [4.69, 9.17) is 33.2 Å². The maximum absolute atomic E-state index is 15.7. The highest BCUT2D eigenvalue weighted by atomic mass is 16.7. The average molecular weight is 925 g/mol. The number of allylic oxidation sites excluding steroid dienone is 5. The molecule has 3 aliphatic carbocycles. The number of carbonyl (C=O) groups is 4. The summed E-state index contributed by atoms with van der Waals surface area (Å²) in [7, 11) is 1.27. The molecule has 15 nitrogen and oxygen atoms in total. The summed E-state index contributed by atoms with van der Waals surface area (Å²) in [6, 6.07) is 5.64. The molecular formula is C52H60O15. The fourth-order valence-corrected chi connectivity index (χ4v) is 10.5. The number of ether oxygens (including phenoxy) is 7. The number of carbonyl (C=O) groups excluding carboxylic acids is 4. The third-order valence-corrected chi connectivity index (χ3v) is 14.0. The van der Waals surface area contributed by atoms with Gasteiger partial charge in [-0.2, -0.15) is 0 Å². The molecule has 9 rings (SSSR count). The lowest BCUT2D eigenvalue weighted by Gasteiger charge is -2.56. The van der Waals surface area contributed by atoms with E-state index in [0.29, 0.717) is 36.1 Å². The number of methoxy groups -OCH3 is 1. The van der Waals surface area contributed by atoms with Gasteiger partial charge in [0.05, 0.1) is 30.4 Å². The predicted octanol–water partition coefficient (Wildman–Crippen LogP) is 6.02. The van der Waals surface area contributed by atoms with E-state index < -0.39 is 89.3 Å². The van der Waals surface area contributed by atoms with Gasteiger partial charge in [-0.1, -0.05) is 35.5 Å². The fraction of sp³-hybridized carbons (Fsp3) is 0.500. The van der Waals surface area contributed by atoms with Gasteiger partial charge in [-0.3, -0.25) is 9.59 Å². The third-order valence-electron chi connectivity index (χ3n) is 14.0. The first-order valence-corrected chi connectivity index (χ1v) is 22.7. The molecule has 7 aliphatic rings. The fourth-order valence-electron chi connectivity index (χ4n) is 10.5. The minimum Gasteiger partial charge on any atom is -0.482 e. The Morgan fingerprint density at radius 1 is 0.896 bits per heavy atom. The van der Waals surface area contributed by atoms with Gasteiger partial charge in [0.25, 0.3) is 0 Å². The van der Waals surface area contributed by atoms with Crippen molar-refractivity contribution < 1.29 is 72.8 Å². The average Bonchev–Trinajstić information content (AvgIpc) is 3.44. The molecule has 2 aromatic rings. The van der Waals surface area contributed by atoms with Crippen LogP contribution in [-0.2, 0) is 30.2 Å². The molecule has 0 amide bonds. The first kappa shape index (κ1) is 48.1.